The Bertz CT molecular complexity index is 2120. The second-order valence-electron chi connectivity index (χ2n) is 14.2. The molecule has 2 aliphatic rings. The Morgan fingerprint density at radius 1 is 0.860 bits per heavy atom. The molecule has 1 fully saturated rings. The van der Waals surface area contributed by atoms with Crippen LogP contribution in [0, 0.1) is 10.1 Å². The number of fused-ring (bicyclic) bond motifs is 1. The fraction of sp³-hybridized carbons (Fsp3) is 0.262. The summed E-state index contributed by atoms with van der Waals surface area (Å²) in [5.74, 6) is -2.75. The molecule has 0 saturated carbocycles. The average molecular weight is 793 g/mol. The van der Waals surface area contributed by atoms with Gasteiger partial charge in [0.05, 0.1) is 11.3 Å². The van der Waals surface area contributed by atoms with Gasteiger partial charge in [0.1, 0.15) is 35.4 Å². The third kappa shape index (κ3) is 9.86. The Morgan fingerprint density at radius 2 is 1.42 bits per heavy atom. The topological polar surface area (TPSA) is 183 Å². The minimum absolute atomic E-state index is 0.109. The molecule has 0 aromatic heterocycles. The van der Waals surface area contributed by atoms with E-state index in [2.05, 4.69) is 10.6 Å². The standard InChI is InChI=1S/C42H40N4O10S/c1-42(2,3)56-41(51)44-33(27-13-7-4-8-14-27)37(48)43-34-38(49)45-35(40(50)55-36(28-15-9-5-10-16-28)29-17-11-6-12-18-29)30(25-57-39(34)45)23-32(47)54-24-26-19-21-31(22-20-26)46(52)53/h4-22,33-34,36,39H,23-25H2,1-3H3,(H,43,48)(H,44,51)/t33?,34-,39+/m1/s1. The summed E-state index contributed by atoms with van der Waals surface area (Å²) in [4.78, 5) is 80.0. The second kappa shape index (κ2) is 17.5. The predicted octanol–water partition coefficient (Wildman–Crippen LogP) is 6.28. The van der Waals surface area contributed by atoms with Crippen LogP contribution in [-0.4, -0.2) is 62.4 Å². The van der Waals surface area contributed by atoms with E-state index in [9.17, 15) is 34.1 Å². The van der Waals surface area contributed by atoms with Crippen molar-refractivity contribution in [1.29, 1.82) is 0 Å². The number of hydrogen-bond acceptors (Lipinski definition) is 11. The number of nitro groups is 1. The molecule has 2 heterocycles. The number of benzene rings is 4. The summed E-state index contributed by atoms with van der Waals surface area (Å²) >= 11 is 1.24. The van der Waals surface area contributed by atoms with Crippen LogP contribution >= 0.6 is 11.8 Å². The third-order valence-electron chi connectivity index (χ3n) is 8.93. The average Bonchev–Trinajstić information content (AvgIpc) is 3.20. The first-order valence-corrected chi connectivity index (χ1v) is 19.1. The molecule has 14 nitrogen and oxygen atoms in total. The number of rotatable bonds is 13. The van der Waals surface area contributed by atoms with Gasteiger partial charge in [-0.25, -0.2) is 9.59 Å². The van der Waals surface area contributed by atoms with Crippen LogP contribution < -0.4 is 10.6 Å². The molecule has 0 spiro atoms. The molecule has 4 aromatic rings. The summed E-state index contributed by atoms with van der Waals surface area (Å²) in [6.07, 6.45) is -2.06. The number of nitro benzene ring substituents is 1. The highest BCUT2D eigenvalue weighted by molar-refractivity contribution is 8.00. The van der Waals surface area contributed by atoms with Crippen molar-refractivity contribution in [3.63, 3.8) is 0 Å². The second-order valence-corrected chi connectivity index (χ2v) is 15.3. The first-order chi connectivity index (χ1) is 27.3. The Kier molecular flexibility index (Phi) is 12.4. The van der Waals surface area contributed by atoms with Gasteiger partial charge in [0, 0.05) is 17.9 Å². The van der Waals surface area contributed by atoms with Gasteiger partial charge in [-0.1, -0.05) is 91.0 Å². The Labute approximate surface area is 332 Å². The molecule has 3 amide bonds. The predicted molar refractivity (Wildman–Crippen MR) is 209 cm³/mol. The molecule has 6 rings (SSSR count). The number of β-lactam (4-membered cyclic amide) rings is 1. The van der Waals surface area contributed by atoms with Gasteiger partial charge in [0.15, 0.2) is 6.10 Å². The van der Waals surface area contributed by atoms with Crippen molar-refractivity contribution in [2.24, 2.45) is 0 Å². The Balaban J connectivity index is 1.26. The Morgan fingerprint density at radius 3 is 1.96 bits per heavy atom. The lowest BCUT2D eigenvalue weighted by Crippen LogP contribution is -2.71. The lowest BCUT2D eigenvalue weighted by molar-refractivity contribution is -0.384. The number of carbonyl (C=O) groups excluding carboxylic acids is 5. The lowest BCUT2D eigenvalue weighted by atomic mass is 9.99. The first kappa shape index (κ1) is 40.2. The van der Waals surface area contributed by atoms with E-state index in [1.54, 1.807) is 51.1 Å². The molecule has 294 valence electrons. The van der Waals surface area contributed by atoms with Crippen molar-refractivity contribution < 1.29 is 43.1 Å². The molecule has 2 aliphatic heterocycles. The number of alkyl carbamates (subject to hydrolysis) is 1. The van der Waals surface area contributed by atoms with Gasteiger partial charge in [0.2, 0.25) is 5.91 Å². The highest BCUT2D eigenvalue weighted by Gasteiger charge is 2.55. The van der Waals surface area contributed by atoms with Crippen LogP contribution in [0.4, 0.5) is 10.5 Å². The van der Waals surface area contributed by atoms with Crippen molar-refractivity contribution in [1.82, 2.24) is 15.5 Å². The molecule has 1 unspecified atom stereocenters. The minimum atomic E-state index is -1.21. The molecular formula is C42H40N4O10S. The molecule has 4 aromatic carbocycles. The normalized spacial score (nSPS) is 16.8. The highest BCUT2D eigenvalue weighted by Crippen LogP contribution is 2.43. The van der Waals surface area contributed by atoms with Crippen LogP contribution in [0.25, 0.3) is 0 Å². The molecule has 1 saturated heterocycles. The summed E-state index contributed by atoms with van der Waals surface area (Å²) in [7, 11) is 0. The number of nitrogens with zero attached hydrogens (tertiary/aromatic N) is 2. The van der Waals surface area contributed by atoms with Crippen molar-refractivity contribution in [3.8, 4) is 0 Å². The van der Waals surface area contributed by atoms with Crippen LogP contribution in [0.1, 0.15) is 61.6 Å². The number of hydrogen-bond donors (Lipinski definition) is 2. The largest absolute Gasteiger partial charge is 0.461 e. The molecule has 3 atom stereocenters. The molecular weight excluding hydrogens is 753 g/mol. The van der Waals surface area contributed by atoms with E-state index < -0.39 is 63.9 Å². The quantitative estimate of drug-likeness (QED) is 0.0511. The number of esters is 2. The molecule has 0 radical (unpaired) electrons. The zero-order valence-electron chi connectivity index (χ0n) is 31.3. The summed E-state index contributed by atoms with van der Waals surface area (Å²) in [6, 6.07) is 29.9. The van der Waals surface area contributed by atoms with Crippen LogP contribution in [0.3, 0.4) is 0 Å². The highest BCUT2D eigenvalue weighted by atomic mass is 32.2. The third-order valence-corrected chi connectivity index (χ3v) is 10.3. The number of amides is 3. The van der Waals surface area contributed by atoms with Gasteiger partial charge in [-0.15, -0.1) is 11.8 Å². The number of ether oxygens (including phenoxy) is 3. The van der Waals surface area contributed by atoms with E-state index in [4.69, 9.17) is 14.2 Å². The van der Waals surface area contributed by atoms with Gasteiger partial charge < -0.3 is 24.8 Å². The van der Waals surface area contributed by atoms with E-state index in [0.29, 0.717) is 22.3 Å². The summed E-state index contributed by atoms with van der Waals surface area (Å²) in [6.45, 7) is 4.89. The SMILES string of the molecule is CC(C)(C)OC(=O)NC(C(=O)N[C@@H]1C(=O)N2C(C(=O)OC(c3ccccc3)c3ccccc3)=C(CC(=O)OCc3ccc([N+](=O)[O-])cc3)CS[C@@H]12)c1ccccc1. The van der Waals surface area contributed by atoms with Gasteiger partial charge in [0.25, 0.3) is 11.6 Å². The van der Waals surface area contributed by atoms with Crippen molar-refractivity contribution in [2.75, 3.05) is 5.75 Å². The summed E-state index contributed by atoms with van der Waals surface area (Å²) in [5.41, 5.74) is 1.51. The van der Waals surface area contributed by atoms with Gasteiger partial charge >= 0.3 is 18.0 Å². The monoisotopic (exact) mass is 792 g/mol. The number of carbonyl (C=O) groups is 5. The number of thioether (sulfide) groups is 1. The maximum Gasteiger partial charge on any atom is 0.408 e. The van der Waals surface area contributed by atoms with E-state index in [1.165, 1.54) is 40.9 Å². The lowest BCUT2D eigenvalue weighted by Gasteiger charge is -2.50. The van der Waals surface area contributed by atoms with E-state index in [1.807, 2.05) is 60.7 Å². The first-order valence-electron chi connectivity index (χ1n) is 18.0. The van der Waals surface area contributed by atoms with Crippen LogP contribution in [0.5, 0.6) is 0 Å². The van der Waals surface area contributed by atoms with Crippen LogP contribution in [0.2, 0.25) is 0 Å². The minimum Gasteiger partial charge on any atom is -0.461 e. The molecule has 0 aliphatic carbocycles. The molecule has 15 heteroatoms. The van der Waals surface area contributed by atoms with Gasteiger partial charge in [-0.2, -0.15) is 0 Å². The van der Waals surface area contributed by atoms with Crippen molar-refractivity contribution in [3.05, 3.63) is 159 Å². The summed E-state index contributed by atoms with van der Waals surface area (Å²) in [5, 5.41) is 15.6. The zero-order valence-corrected chi connectivity index (χ0v) is 32.1. The summed E-state index contributed by atoms with van der Waals surface area (Å²) < 4.78 is 17.1. The fourth-order valence-electron chi connectivity index (χ4n) is 6.27. The Hall–Kier alpha value is -6.48. The van der Waals surface area contributed by atoms with E-state index in [0.717, 1.165) is 0 Å². The maximum absolute atomic E-state index is 14.4. The molecule has 0 bridgehead atoms. The molecule has 2 N–H and O–H groups in total. The van der Waals surface area contributed by atoms with Crippen molar-refractivity contribution in [2.45, 2.75) is 63.0 Å². The van der Waals surface area contributed by atoms with E-state index >= 15 is 0 Å². The fourth-order valence-corrected chi connectivity index (χ4v) is 7.61. The van der Waals surface area contributed by atoms with Gasteiger partial charge in [-0.05, 0) is 60.7 Å². The van der Waals surface area contributed by atoms with Crippen LogP contribution in [0.15, 0.2) is 127 Å². The van der Waals surface area contributed by atoms with Crippen molar-refractivity contribution >= 4 is 47.3 Å². The van der Waals surface area contributed by atoms with Gasteiger partial charge in [-0.3, -0.25) is 29.4 Å². The van der Waals surface area contributed by atoms with Crippen LogP contribution in [-0.2, 0) is 40.0 Å². The number of nitrogens with one attached hydrogen (secondary N) is 2. The maximum atomic E-state index is 14.4. The number of non-ortho nitro benzene ring substituents is 1. The smallest absolute Gasteiger partial charge is 0.408 e. The molecule has 57 heavy (non-hydrogen) atoms. The zero-order chi connectivity index (χ0) is 40.7. The van der Waals surface area contributed by atoms with E-state index in [-0.39, 0.29) is 35.7 Å².